The quantitative estimate of drug-likeness (QED) is 0.934. The number of halogens is 1. The zero-order valence-corrected chi connectivity index (χ0v) is 11.4. The van der Waals surface area contributed by atoms with Crippen LogP contribution in [-0.4, -0.2) is 15.6 Å². The molecule has 2 aromatic rings. The van der Waals surface area contributed by atoms with E-state index in [0.29, 0.717) is 28.7 Å². The van der Waals surface area contributed by atoms with Gasteiger partial charge < -0.3 is 9.67 Å². The molecule has 0 spiro atoms. The summed E-state index contributed by atoms with van der Waals surface area (Å²) in [5, 5.41) is 9.20. The lowest BCUT2D eigenvalue weighted by atomic mass is 10.0. The Bertz CT molecular complexity index is 734. The van der Waals surface area contributed by atoms with Crippen molar-refractivity contribution in [2.75, 3.05) is 0 Å². The molecule has 0 aliphatic heterocycles. The predicted octanol–water partition coefficient (Wildman–Crippen LogP) is 2.49. The van der Waals surface area contributed by atoms with Crippen molar-refractivity contribution >= 4 is 16.9 Å². The molecule has 20 heavy (non-hydrogen) atoms. The van der Waals surface area contributed by atoms with Gasteiger partial charge in [-0.1, -0.05) is 0 Å². The standard InChI is InChI=1S/C15H16FNO3/c1-3-17-9(2)11(6-7-14(18)19)15(20)12-5-4-10(16)8-13(12)17/h4-5,8H,3,6-7H2,1-2H3,(H,18,19). The van der Waals surface area contributed by atoms with Crippen LogP contribution in [0.1, 0.15) is 24.6 Å². The summed E-state index contributed by atoms with van der Waals surface area (Å²) >= 11 is 0. The van der Waals surface area contributed by atoms with E-state index in [1.165, 1.54) is 18.2 Å². The number of hydrogen-bond acceptors (Lipinski definition) is 2. The number of fused-ring (bicyclic) bond motifs is 1. The van der Waals surface area contributed by atoms with Gasteiger partial charge in [0.05, 0.1) is 5.52 Å². The van der Waals surface area contributed by atoms with Gasteiger partial charge in [-0.15, -0.1) is 0 Å². The molecule has 0 amide bonds. The average molecular weight is 277 g/mol. The van der Waals surface area contributed by atoms with Gasteiger partial charge in [0.15, 0.2) is 5.43 Å². The van der Waals surface area contributed by atoms with Crippen LogP contribution in [0.3, 0.4) is 0 Å². The summed E-state index contributed by atoms with van der Waals surface area (Å²) in [7, 11) is 0. The summed E-state index contributed by atoms with van der Waals surface area (Å²) in [6.07, 6.45) is 0.0970. The third-order valence-corrected chi connectivity index (χ3v) is 3.52. The SMILES string of the molecule is CCn1c(C)c(CCC(=O)O)c(=O)c2ccc(F)cc21. The van der Waals surface area contributed by atoms with Gasteiger partial charge in [-0.25, -0.2) is 4.39 Å². The summed E-state index contributed by atoms with van der Waals surface area (Å²) in [6, 6.07) is 4.05. The molecule has 1 N–H and O–H groups in total. The molecule has 4 nitrogen and oxygen atoms in total. The first-order chi connectivity index (χ1) is 9.45. The molecule has 106 valence electrons. The molecule has 0 atom stereocenters. The van der Waals surface area contributed by atoms with Crippen LogP contribution in [0, 0.1) is 12.7 Å². The number of aryl methyl sites for hydroxylation is 1. The molecule has 0 aliphatic carbocycles. The van der Waals surface area contributed by atoms with E-state index in [4.69, 9.17) is 5.11 Å². The number of pyridine rings is 1. The second kappa shape index (κ2) is 5.45. The van der Waals surface area contributed by atoms with E-state index in [9.17, 15) is 14.0 Å². The molecule has 0 radical (unpaired) electrons. The number of benzene rings is 1. The van der Waals surface area contributed by atoms with Crippen LogP contribution in [0.25, 0.3) is 10.9 Å². The number of hydrogen-bond donors (Lipinski definition) is 1. The molecule has 0 aliphatic rings. The topological polar surface area (TPSA) is 59.3 Å². The fourth-order valence-electron chi connectivity index (χ4n) is 2.52. The zero-order chi connectivity index (χ0) is 14.9. The molecule has 1 aromatic heterocycles. The third kappa shape index (κ3) is 2.43. The number of carboxylic acids is 1. The summed E-state index contributed by atoms with van der Waals surface area (Å²) in [4.78, 5) is 23.1. The summed E-state index contributed by atoms with van der Waals surface area (Å²) in [5.74, 6) is -1.33. The lowest BCUT2D eigenvalue weighted by Crippen LogP contribution is -2.19. The van der Waals surface area contributed by atoms with E-state index >= 15 is 0 Å². The highest BCUT2D eigenvalue weighted by Gasteiger charge is 2.14. The maximum Gasteiger partial charge on any atom is 0.303 e. The Morgan fingerprint density at radius 3 is 2.70 bits per heavy atom. The van der Waals surface area contributed by atoms with E-state index in [-0.39, 0.29) is 18.3 Å². The van der Waals surface area contributed by atoms with Crippen molar-refractivity contribution in [3.05, 3.63) is 45.5 Å². The third-order valence-electron chi connectivity index (χ3n) is 3.52. The van der Waals surface area contributed by atoms with Crippen molar-refractivity contribution in [1.29, 1.82) is 0 Å². The van der Waals surface area contributed by atoms with Gasteiger partial charge in [-0.2, -0.15) is 0 Å². The zero-order valence-electron chi connectivity index (χ0n) is 11.4. The van der Waals surface area contributed by atoms with Crippen LogP contribution in [0.5, 0.6) is 0 Å². The summed E-state index contributed by atoms with van der Waals surface area (Å²) in [6.45, 7) is 4.27. The molecule has 5 heteroatoms. The number of aliphatic carboxylic acids is 1. The van der Waals surface area contributed by atoms with Gasteiger partial charge in [0, 0.05) is 29.6 Å². The first-order valence-corrected chi connectivity index (χ1v) is 6.49. The molecule has 0 bridgehead atoms. The first kappa shape index (κ1) is 14.2. The normalized spacial score (nSPS) is 10.9. The molecular weight excluding hydrogens is 261 g/mol. The highest BCUT2D eigenvalue weighted by molar-refractivity contribution is 5.80. The van der Waals surface area contributed by atoms with E-state index in [1.54, 1.807) is 6.92 Å². The molecule has 2 rings (SSSR count). The van der Waals surface area contributed by atoms with E-state index in [1.807, 2.05) is 11.5 Å². The molecule has 0 fully saturated rings. The molecular formula is C15H16FNO3. The van der Waals surface area contributed by atoms with Gasteiger partial charge in [0.2, 0.25) is 0 Å². The van der Waals surface area contributed by atoms with E-state index in [0.717, 1.165) is 0 Å². The molecule has 0 unspecified atom stereocenters. The van der Waals surface area contributed by atoms with Crippen LogP contribution >= 0.6 is 0 Å². The smallest absolute Gasteiger partial charge is 0.303 e. The highest BCUT2D eigenvalue weighted by atomic mass is 19.1. The number of carbonyl (C=O) groups is 1. The van der Waals surface area contributed by atoms with Gasteiger partial charge in [-0.05, 0) is 38.5 Å². The van der Waals surface area contributed by atoms with Crippen LogP contribution in [-0.2, 0) is 17.8 Å². The predicted molar refractivity (Wildman–Crippen MR) is 74.5 cm³/mol. The Labute approximate surface area is 115 Å². The monoisotopic (exact) mass is 277 g/mol. The minimum atomic E-state index is -0.939. The molecule has 0 saturated carbocycles. The van der Waals surface area contributed by atoms with Crippen molar-refractivity contribution in [1.82, 2.24) is 4.57 Å². The van der Waals surface area contributed by atoms with Gasteiger partial charge in [0.25, 0.3) is 0 Å². The Hall–Kier alpha value is -2.17. The summed E-state index contributed by atoms with van der Waals surface area (Å²) in [5.41, 5.74) is 1.54. The fourth-order valence-corrected chi connectivity index (χ4v) is 2.52. The van der Waals surface area contributed by atoms with Crippen molar-refractivity contribution in [2.45, 2.75) is 33.2 Å². The van der Waals surface area contributed by atoms with E-state index < -0.39 is 11.8 Å². The number of aromatic nitrogens is 1. The number of rotatable bonds is 4. The largest absolute Gasteiger partial charge is 0.481 e. The maximum atomic E-state index is 13.4. The second-order valence-electron chi connectivity index (χ2n) is 4.69. The molecule has 0 saturated heterocycles. The molecule has 1 aromatic carbocycles. The lowest BCUT2D eigenvalue weighted by Gasteiger charge is -2.16. The van der Waals surface area contributed by atoms with Gasteiger partial charge in [0.1, 0.15) is 5.82 Å². The minimum Gasteiger partial charge on any atom is -0.481 e. The first-order valence-electron chi connectivity index (χ1n) is 6.49. The maximum absolute atomic E-state index is 13.4. The van der Waals surface area contributed by atoms with Crippen LogP contribution in [0.15, 0.2) is 23.0 Å². The van der Waals surface area contributed by atoms with Crippen molar-refractivity contribution < 1.29 is 14.3 Å². The van der Waals surface area contributed by atoms with Crippen LogP contribution in [0.2, 0.25) is 0 Å². The highest BCUT2D eigenvalue weighted by Crippen LogP contribution is 2.18. The second-order valence-corrected chi connectivity index (χ2v) is 4.69. The van der Waals surface area contributed by atoms with Crippen molar-refractivity contribution in [2.24, 2.45) is 0 Å². The van der Waals surface area contributed by atoms with Crippen LogP contribution < -0.4 is 5.43 Å². The minimum absolute atomic E-state index is 0.0908. The van der Waals surface area contributed by atoms with Crippen molar-refractivity contribution in [3.8, 4) is 0 Å². The van der Waals surface area contributed by atoms with Gasteiger partial charge >= 0.3 is 5.97 Å². The van der Waals surface area contributed by atoms with E-state index in [2.05, 4.69) is 0 Å². The fraction of sp³-hybridized carbons (Fsp3) is 0.333. The Morgan fingerprint density at radius 2 is 2.10 bits per heavy atom. The summed E-state index contributed by atoms with van der Waals surface area (Å²) < 4.78 is 15.2. The number of nitrogens with zero attached hydrogens (tertiary/aromatic N) is 1. The number of carboxylic acid groups (broad SMARTS) is 1. The van der Waals surface area contributed by atoms with Gasteiger partial charge in [-0.3, -0.25) is 9.59 Å². The Morgan fingerprint density at radius 1 is 1.40 bits per heavy atom. The lowest BCUT2D eigenvalue weighted by molar-refractivity contribution is -0.136. The average Bonchev–Trinajstić information content (AvgIpc) is 2.38. The molecule has 1 heterocycles. The Balaban J connectivity index is 2.74. The van der Waals surface area contributed by atoms with Crippen molar-refractivity contribution in [3.63, 3.8) is 0 Å². The van der Waals surface area contributed by atoms with Crippen LogP contribution in [0.4, 0.5) is 4.39 Å². The Kier molecular flexibility index (Phi) is 3.88.